The van der Waals surface area contributed by atoms with Crippen molar-refractivity contribution in [2.45, 2.75) is 25.8 Å². The maximum absolute atomic E-state index is 12.9. The lowest BCUT2D eigenvalue weighted by Gasteiger charge is -2.12. The van der Waals surface area contributed by atoms with Crippen molar-refractivity contribution in [3.05, 3.63) is 45.3 Å². The average Bonchev–Trinajstić information content (AvgIpc) is 3.25. The number of rotatable bonds is 5. The van der Waals surface area contributed by atoms with Gasteiger partial charge in [-0.05, 0) is 37.0 Å². The minimum Gasteiger partial charge on any atom is -0.497 e. The van der Waals surface area contributed by atoms with Crippen molar-refractivity contribution >= 4 is 33.1 Å². The summed E-state index contributed by atoms with van der Waals surface area (Å²) in [5, 5.41) is 3.45. The number of benzene rings is 1. The molecule has 27 heavy (non-hydrogen) atoms. The van der Waals surface area contributed by atoms with Gasteiger partial charge in [0, 0.05) is 10.9 Å². The summed E-state index contributed by atoms with van der Waals surface area (Å²) in [6.45, 7) is -0.110. The summed E-state index contributed by atoms with van der Waals surface area (Å²) in [6.07, 6.45) is 4.43. The van der Waals surface area contributed by atoms with Gasteiger partial charge in [-0.2, -0.15) is 0 Å². The zero-order valence-corrected chi connectivity index (χ0v) is 15.9. The van der Waals surface area contributed by atoms with Crippen LogP contribution in [0.15, 0.2) is 29.3 Å². The lowest BCUT2D eigenvalue weighted by Crippen LogP contribution is -2.28. The van der Waals surface area contributed by atoms with Crippen LogP contribution in [-0.4, -0.2) is 29.7 Å². The zero-order chi connectivity index (χ0) is 19.0. The highest BCUT2D eigenvalue weighted by molar-refractivity contribution is 7.18. The van der Waals surface area contributed by atoms with Gasteiger partial charge in [-0.15, -0.1) is 11.3 Å². The zero-order valence-electron chi connectivity index (χ0n) is 15.1. The molecule has 0 saturated heterocycles. The van der Waals surface area contributed by atoms with Crippen LogP contribution in [0.3, 0.4) is 0 Å². The molecule has 0 unspecified atom stereocenters. The first-order chi connectivity index (χ1) is 13.1. The number of anilines is 1. The Morgan fingerprint density at radius 2 is 2.15 bits per heavy atom. The second-order valence-corrected chi connectivity index (χ2v) is 7.41. The number of carbonyl (C=O) groups is 1. The fourth-order valence-electron chi connectivity index (χ4n) is 3.38. The number of fused-ring (bicyclic) bond motifs is 3. The predicted molar refractivity (Wildman–Crippen MR) is 104 cm³/mol. The molecule has 0 spiro atoms. The van der Waals surface area contributed by atoms with Crippen LogP contribution >= 0.6 is 11.3 Å². The molecule has 0 atom stereocenters. The second kappa shape index (κ2) is 7.03. The summed E-state index contributed by atoms with van der Waals surface area (Å²) in [6, 6.07) is 5.11. The van der Waals surface area contributed by atoms with E-state index in [-0.39, 0.29) is 18.0 Å². The Morgan fingerprint density at radius 3 is 2.93 bits per heavy atom. The lowest BCUT2D eigenvalue weighted by atomic mass is 10.2. The molecule has 7 nitrogen and oxygen atoms in total. The number of amides is 1. The highest BCUT2D eigenvalue weighted by Crippen LogP contribution is 2.34. The first-order valence-electron chi connectivity index (χ1n) is 8.62. The summed E-state index contributed by atoms with van der Waals surface area (Å²) >= 11 is 1.59. The van der Waals surface area contributed by atoms with E-state index in [9.17, 15) is 9.59 Å². The summed E-state index contributed by atoms with van der Waals surface area (Å²) < 4.78 is 11.8. The Morgan fingerprint density at radius 1 is 1.30 bits per heavy atom. The molecule has 0 saturated carbocycles. The monoisotopic (exact) mass is 385 g/mol. The predicted octanol–water partition coefficient (Wildman–Crippen LogP) is 2.60. The van der Waals surface area contributed by atoms with Crippen LogP contribution < -0.4 is 20.3 Å². The van der Waals surface area contributed by atoms with Gasteiger partial charge >= 0.3 is 0 Å². The minimum atomic E-state index is -0.325. The van der Waals surface area contributed by atoms with Crippen LogP contribution in [0, 0.1) is 0 Å². The molecule has 0 aliphatic heterocycles. The highest BCUT2D eigenvalue weighted by atomic mass is 32.1. The van der Waals surface area contributed by atoms with Crippen LogP contribution in [-0.2, 0) is 24.2 Å². The van der Waals surface area contributed by atoms with Gasteiger partial charge in [-0.25, -0.2) is 4.98 Å². The number of thiophene rings is 1. The Balaban J connectivity index is 1.58. The summed E-state index contributed by atoms with van der Waals surface area (Å²) in [7, 11) is 3.08. The van der Waals surface area contributed by atoms with Gasteiger partial charge in [0.2, 0.25) is 5.91 Å². The lowest BCUT2D eigenvalue weighted by molar-refractivity contribution is -0.116. The molecule has 4 rings (SSSR count). The first-order valence-corrected chi connectivity index (χ1v) is 9.44. The van der Waals surface area contributed by atoms with Gasteiger partial charge in [0.1, 0.15) is 22.9 Å². The van der Waals surface area contributed by atoms with E-state index in [2.05, 4.69) is 10.3 Å². The van der Waals surface area contributed by atoms with Crippen LogP contribution in [0.1, 0.15) is 16.9 Å². The molecular weight excluding hydrogens is 366 g/mol. The molecule has 2 aromatic heterocycles. The van der Waals surface area contributed by atoms with Crippen molar-refractivity contribution in [1.29, 1.82) is 0 Å². The van der Waals surface area contributed by atoms with E-state index < -0.39 is 0 Å². The number of aromatic nitrogens is 2. The van der Waals surface area contributed by atoms with Gasteiger partial charge in [-0.3, -0.25) is 14.2 Å². The molecule has 0 radical (unpaired) electrons. The van der Waals surface area contributed by atoms with Crippen molar-refractivity contribution in [2.75, 3.05) is 19.5 Å². The molecule has 1 aliphatic carbocycles. The molecule has 0 bridgehead atoms. The van der Waals surface area contributed by atoms with Gasteiger partial charge in [0.15, 0.2) is 0 Å². The standard InChI is InChI=1S/C19H19N3O4S/c1-25-11-6-7-13(14(8-11)26-2)21-16(23)9-22-10-20-18-17(19(22)24)12-4-3-5-15(12)27-18/h6-8,10H,3-5,9H2,1-2H3,(H,21,23). The van der Waals surface area contributed by atoms with Crippen molar-refractivity contribution in [1.82, 2.24) is 9.55 Å². The number of nitrogens with one attached hydrogen (secondary N) is 1. The Kier molecular flexibility index (Phi) is 4.57. The molecular formula is C19H19N3O4S. The van der Waals surface area contributed by atoms with Crippen LogP contribution in [0.25, 0.3) is 10.2 Å². The van der Waals surface area contributed by atoms with E-state index in [0.717, 1.165) is 29.7 Å². The quantitative estimate of drug-likeness (QED) is 0.730. The molecule has 140 valence electrons. The molecule has 1 amide bonds. The van der Waals surface area contributed by atoms with Gasteiger partial charge in [0.05, 0.1) is 31.6 Å². The molecule has 1 N–H and O–H groups in total. The fourth-order valence-corrected chi connectivity index (χ4v) is 4.60. The van der Waals surface area contributed by atoms with Gasteiger partial charge in [0.25, 0.3) is 5.56 Å². The van der Waals surface area contributed by atoms with E-state index >= 15 is 0 Å². The van der Waals surface area contributed by atoms with Crippen LogP contribution in [0.5, 0.6) is 11.5 Å². The molecule has 1 aromatic carbocycles. The van der Waals surface area contributed by atoms with Crippen LogP contribution in [0.2, 0.25) is 0 Å². The molecule has 1 aliphatic rings. The second-order valence-electron chi connectivity index (χ2n) is 6.33. The minimum absolute atomic E-state index is 0.110. The summed E-state index contributed by atoms with van der Waals surface area (Å²) in [5.41, 5.74) is 1.47. The summed E-state index contributed by atoms with van der Waals surface area (Å²) in [4.78, 5) is 31.7. The Bertz CT molecular complexity index is 1090. The largest absolute Gasteiger partial charge is 0.497 e. The SMILES string of the molecule is COc1ccc(NC(=O)Cn2cnc3sc4c(c3c2=O)CCC4)c(OC)c1. The fraction of sp³-hybridized carbons (Fsp3) is 0.316. The van der Waals surface area contributed by atoms with Crippen LogP contribution in [0.4, 0.5) is 5.69 Å². The van der Waals surface area contributed by atoms with E-state index in [1.807, 2.05) is 0 Å². The molecule has 2 heterocycles. The van der Waals surface area contributed by atoms with Crippen molar-refractivity contribution < 1.29 is 14.3 Å². The Labute approximate surface area is 159 Å². The number of nitrogens with zero attached hydrogens (tertiary/aromatic N) is 2. The average molecular weight is 385 g/mol. The van der Waals surface area contributed by atoms with E-state index in [0.29, 0.717) is 22.6 Å². The number of aryl methyl sites for hydroxylation is 2. The number of ether oxygens (including phenoxy) is 2. The summed E-state index contributed by atoms with van der Waals surface area (Å²) in [5.74, 6) is 0.787. The smallest absolute Gasteiger partial charge is 0.262 e. The van der Waals surface area contributed by atoms with Crippen molar-refractivity contribution in [3.63, 3.8) is 0 Å². The third-order valence-corrected chi connectivity index (χ3v) is 5.89. The maximum atomic E-state index is 12.9. The van der Waals surface area contributed by atoms with Gasteiger partial charge < -0.3 is 14.8 Å². The molecule has 8 heteroatoms. The first kappa shape index (κ1) is 17.5. The van der Waals surface area contributed by atoms with Gasteiger partial charge in [-0.1, -0.05) is 0 Å². The normalized spacial score (nSPS) is 12.8. The maximum Gasteiger partial charge on any atom is 0.262 e. The van der Waals surface area contributed by atoms with E-state index in [1.165, 1.54) is 22.9 Å². The molecule has 3 aromatic rings. The number of hydrogen-bond acceptors (Lipinski definition) is 6. The van der Waals surface area contributed by atoms with E-state index in [4.69, 9.17) is 9.47 Å². The third-order valence-electron chi connectivity index (χ3n) is 4.69. The van der Waals surface area contributed by atoms with E-state index in [1.54, 1.807) is 36.6 Å². The third kappa shape index (κ3) is 3.16. The molecule has 0 fully saturated rings. The highest BCUT2D eigenvalue weighted by Gasteiger charge is 2.21. The number of carbonyl (C=O) groups excluding carboxylic acids is 1. The topological polar surface area (TPSA) is 82.5 Å². The van der Waals surface area contributed by atoms with Crippen molar-refractivity contribution in [3.8, 4) is 11.5 Å². The Hall–Kier alpha value is -2.87. The number of methoxy groups -OCH3 is 2. The van der Waals surface area contributed by atoms with Crippen molar-refractivity contribution in [2.24, 2.45) is 0 Å². The number of hydrogen-bond donors (Lipinski definition) is 1.